The third kappa shape index (κ3) is 9.05. The predicted molar refractivity (Wildman–Crippen MR) is 184 cm³/mol. The molecular formula is C31H25N9O11S2. The molecule has 0 atom stereocenters. The molecule has 0 aliphatic carbocycles. The summed E-state index contributed by atoms with van der Waals surface area (Å²) in [5, 5.41) is 40.9. The zero-order chi connectivity index (χ0) is 38.5. The van der Waals surface area contributed by atoms with Gasteiger partial charge in [-0.1, -0.05) is 6.07 Å². The van der Waals surface area contributed by atoms with Gasteiger partial charge in [0.2, 0.25) is 18.2 Å². The molecule has 0 radical (unpaired) electrons. The standard InChI is InChI=1S/C31H25N9O11S2/c1-16-10-24(34-28(42)17-2-5-19(6-3-17)37-40-27-29(43)35-31(33-15-32)36-30(27)44)25(51-9-8-41)14-23(16)39-38-20-7-4-18-11-21(52(45,46)47)13-26(22(18)12-20)53(48,49)50/h2-7,10-14,27,41H,8-9H2,1H3,(H,34,42)(H,45,46,47)(H,48,49,50)(H2,33,35,36,43,44). The van der Waals surface area contributed by atoms with Crippen molar-refractivity contribution in [2.24, 2.45) is 25.4 Å². The first-order chi connectivity index (χ1) is 25.1. The summed E-state index contributed by atoms with van der Waals surface area (Å²) < 4.78 is 72.1. The summed E-state index contributed by atoms with van der Waals surface area (Å²) in [6.07, 6.45) is 1.43. The number of azo groups is 2. The number of amides is 3. The number of aryl methyl sites for hydroxylation is 1. The molecular weight excluding hydrogens is 739 g/mol. The maximum absolute atomic E-state index is 13.2. The van der Waals surface area contributed by atoms with E-state index in [4.69, 9.17) is 10.00 Å². The fourth-order valence-electron chi connectivity index (χ4n) is 4.71. The van der Waals surface area contributed by atoms with Crippen molar-refractivity contribution in [2.45, 2.75) is 22.8 Å². The number of aliphatic imine (C=N–C) groups is 1. The normalized spacial score (nSPS) is 14.9. The largest absolute Gasteiger partial charge is 0.489 e. The van der Waals surface area contributed by atoms with Crippen molar-refractivity contribution >= 4 is 77.4 Å². The topological polar surface area (TPSA) is 311 Å². The molecule has 0 saturated carbocycles. The predicted octanol–water partition coefficient (Wildman–Crippen LogP) is 3.22. The Bertz CT molecular complexity index is 2490. The van der Waals surface area contributed by atoms with Crippen molar-refractivity contribution < 1.29 is 50.2 Å². The van der Waals surface area contributed by atoms with Gasteiger partial charge in [-0.2, -0.15) is 42.6 Å². The van der Waals surface area contributed by atoms with Crippen molar-refractivity contribution in [1.82, 2.24) is 10.6 Å². The van der Waals surface area contributed by atoms with E-state index < -0.39 is 53.8 Å². The lowest BCUT2D eigenvalue weighted by Crippen LogP contribution is -2.58. The first-order valence-corrected chi connectivity index (χ1v) is 17.7. The second-order valence-corrected chi connectivity index (χ2v) is 13.7. The zero-order valence-corrected chi connectivity index (χ0v) is 28.6. The van der Waals surface area contributed by atoms with Gasteiger partial charge in [0.05, 0.1) is 34.3 Å². The average Bonchev–Trinajstić information content (AvgIpc) is 3.09. The Morgan fingerprint density at radius 1 is 0.906 bits per heavy atom. The van der Waals surface area contributed by atoms with Crippen molar-refractivity contribution in [3.63, 3.8) is 0 Å². The van der Waals surface area contributed by atoms with Gasteiger partial charge in [0.25, 0.3) is 38.0 Å². The third-order valence-electron chi connectivity index (χ3n) is 7.18. The SMILES string of the molecule is Cc1cc(NC(=O)c2ccc(N=NC3C(=O)NC(=NC#N)NC3=O)cc2)c(OCCO)cc1N=Nc1ccc2cc(S(=O)(=O)O)cc(S(=O)(=O)O)c2c1. The third-order valence-corrected chi connectivity index (χ3v) is 8.90. The maximum atomic E-state index is 13.2. The minimum Gasteiger partial charge on any atom is -0.489 e. The first kappa shape index (κ1) is 37.7. The number of nitrogens with zero attached hydrogens (tertiary/aromatic N) is 6. The van der Waals surface area contributed by atoms with Crippen molar-refractivity contribution in [2.75, 3.05) is 18.5 Å². The van der Waals surface area contributed by atoms with Crippen LogP contribution in [0.5, 0.6) is 5.75 Å². The average molecular weight is 764 g/mol. The van der Waals surface area contributed by atoms with Crippen molar-refractivity contribution in [3.05, 3.63) is 77.9 Å². The van der Waals surface area contributed by atoms with Gasteiger partial charge < -0.3 is 15.2 Å². The Balaban J connectivity index is 1.35. The number of carbonyl (C=O) groups is 3. The quantitative estimate of drug-likeness (QED) is 0.0555. The zero-order valence-electron chi connectivity index (χ0n) is 26.9. The molecule has 1 aliphatic rings. The second-order valence-electron chi connectivity index (χ2n) is 10.8. The molecule has 4 aromatic carbocycles. The summed E-state index contributed by atoms with van der Waals surface area (Å²) >= 11 is 0. The van der Waals surface area contributed by atoms with E-state index in [0.717, 1.165) is 6.07 Å². The van der Waals surface area contributed by atoms with Gasteiger partial charge in [-0.25, -0.2) is 0 Å². The summed E-state index contributed by atoms with van der Waals surface area (Å²) in [4.78, 5) is 39.2. The number of ether oxygens (including phenoxy) is 1. The van der Waals surface area contributed by atoms with E-state index >= 15 is 0 Å². The van der Waals surface area contributed by atoms with Crippen LogP contribution in [-0.2, 0) is 29.8 Å². The molecule has 20 nitrogen and oxygen atoms in total. The monoisotopic (exact) mass is 763 g/mol. The molecule has 6 N–H and O–H groups in total. The van der Waals surface area contributed by atoms with Gasteiger partial charge in [-0.15, -0.1) is 4.99 Å². The summed E-state index contributed by atoms with van der Waals surface area (Å²) in [7, 11) is -9.73. The van der Waals surface area contributed by atoms with Crippen LogP contribution in [0.1, 0.15) is 15.9 Å². The fourth-order valence-corrected chi connectivity index (χ4v) is 6.06. The molecule has 0 spiro atoms. The maximum Gasteiger partial charge on any atom is 0.295 e. The Kier molecular flexibility index (Phi) is 11.0. The lowest BCUT2D eigenvalue weighted by molar-refractivity contribution is -0.131. The number of guanidine groups is 1. The Morgan fingerprint density at radius 2 is 1.58 bits per heavy atom. The highest BCUT2D eigenvalue weighted by Crippen LogP contribution is 2.36. The molecule has 5 rings (SSSR count). The molecule has 22 heteroatoms. The fraction of sp³-hybridized carbons (Fsp3) is 0.129. The van der Waals surface area contributed by atoms with E-state index in [1.807, 2.05) is 0 Å². The summed E-state index contributed by atoms with van der Waals surface area (Å²) in [6.45, 7) is 1.14. The number of aliphatic hydroxyl groups excluding tert-OH is 1. The van der Waals surface area contributed by atoms with Crippen LogP contribution in [0.3, 0.4) is 0 Å². The molecule has 1 heterocycles. The number of hydrogen-bond donors (Lipinski definition) is 6. The number of fused-ring (bicyclic) bond motifs is 1. The van der Waals surface area contributed by atoms with Crippen LogP contribution in [0.2, 0.25) is 0 Å². The molecule has 53 heavy (non-hydrogen) atoms. The number of anilines is 1. The number of nitrogens with one attached hydrogen (secondary N) is 3. The number of nitriles is 1. The van der Waals surface area contributed by atoms with E-state index in [9.17, 15) is 45.4 Å². The lowest BCUT2D eigenvalue weighted by Gasteiger charge is -2.18. The van der Waals surface area contributed by atoms with Gasteiger partial charge in [-0.3, -0.25) is 34.1 Å². The minimum atomic E-state index is -4.93. The van der Waals surface area contributed by atoms with Crippen LogP contribution in [0, 0.1) is 18.4 Å². The summed E-state index contributed by atoms with van der Waals surface area (Å²) in [5.74, 6) is -2.48. The second kappa shape index (κ2) is 15.4. The van der Waals surface area contributed by atoms with Crippen LogP contribution in [0.4, 0.5) is 22.7 Å². The van der Waals surface area contributed by atoms with E-state index in [0.29, 0.717) is 11.6 Å². The van der Waals surface area contributed by atoms with Gasteiger partial charge in [0.1, 0.15) is 17.3 Å². The number of benzene rings is 4. The molecule has 4 aromatic rings. The highest BCUT2D eigenvalue weighted by atomic mass is 32.2. The number of aliphatic hydroxyl groups is 1. The Morgan fingerprint density at radius 3 is 2.21 bits per heavy atom. The molecule has 1 aliphatic heterocycles. The van der Waals surface area contributed by atoms with Crippen LogP contribution in [0.25, 0.3) is 10.8 Å². The van der Waals surface area contributed by atoms with Crippen molar-refractivity contribution in [3.8, 4) is 11.9 Å². The van der Waals surface area contributed by atoms with E-state index in [-0.39, 0.29) is 64.0 Å². The number of rotatable bonds is 11. The summed E-state index contributed by atoms with van der Waals surface area (Å²) in [6, 6.07) is 12.7. The molecule has 272 valence electrons. The smallest absolute Gasteiger partial charge is 0.295 e. The highest BCUT2D eigenvalue weighted by molar-refractivity contribution is 7.86. The van der Waals surface area contributed by atoms with Crippen LogP contribution in [0.15, 0.2) is 102 Å². The van der Waals surface area contributed by atoms with Gasteiger partial charge in [0, 0.05) is 17.0 Å². The van der Waals surface area contributed by atoms with Crippen LogP contribution in [-0.4, -0.2) is 74.0 Å². The molecule has 1 fully saturated rings. The molecule has 0 unspecified atom stereocenters. The van der Waals surface area contributed by atoms with Gasteiger partial charge in [-0.05, 0) is 72.5 Å². The molecule has 3 amide bonds. The number of hydrogen-bond acceptors (Lipinski definition) is 15. The van der Waals surface area contributed by atoms with Gasteiger partial charge in [0.15, 0.2) is 0 Å². The lowest BCUT2D eigenvalue weighted by atomic mass is 10.1. The van der Waals surface area contributed by atoms with E-state index in [1.54, 1.807) is 6.92 Å². The molecule has 0 bridgehead atoms. The van der Waals surface area contributed by atoms with Crippen LogP contribution >= 0.6 is 0 Å². The van der Waals surface area contributed by atoms with Crippen molar-refractivity contribution in [1.29, 1.82) is 5.26 Å². The van der Waals surface area contributed by atoms with E-state index in [2.05, 4.69) is 41.4 Å². The summed E-state index contributed by atoms with van der Waals surface area (Å²) in [5.41, 5.74) is 1.43. The van der Waals surface area contributed by atoms with E-state index in [1.165, 1.54) is 60.8 Å². The number of carbonyl (C=O) groups excluding carboxylic acids is 3. The first-order valence-electron chi connectivity index (χ1n) is 14.8. The van der Waals surface area contributed by atoms with Gasteiger partial charge >= 0.3 is 0 Å². The Labute approximate surface area is 299 Å². The molecule has 1 saturated heterocycles. The molecule has 0 aromatic heterocycles. The minimum absolute atomic E-state index is 0.0621. The highest BCUT2D eigenvalue weighted by Gasteiger charge is 2.33. The Hall–Kier alpha value is -6.51. The van der Waals surface area contributed by atoms with Crippen LogP contribution < -0.4 is 20.7 Å².